The third-order valence-electron chi connectivity index (χ3n) is 0.520. The molecule has 0 amide bonds. The molecule has 0 atom stereocenters. The normalized spacial score (nSPS) is 9.20. The van der Waals surface area contributed by atoms with Gasteiger partial charge in [-0.2, -0.15) is 0 Å². The van der Waals surface area contributed by atoms with Gasteiger partial charge in [0.05, 0.1) is 0 Å². The van der Waals surface area contributed by atoms with Crippen molar-refractivity contribution in [1.29, 1.82) is 0 Å². The van der Waals surface area contributed by atoms with Gasteiger partial charge in [0, 0.05) is 22.2 Å². The highest BCUT2D eigenvalue weighted by Gasteiger charge is 1.59. The van der Waals surface area contributed by atoms with Crippen LogP contribution in [0.1, 0.15) is 0 Å². The number of rotatable bonds is 3. The molecule has 0 aromatic carbocycles. The molecule has 0 aromatic rings. The molecule has 0 unspecified atom stereocenters. The van der Waals surface area contributed by atoms with Gasteiger partial charge in [-0.1, -0.05) is 22.4 Å². The fraction of sp³-hybridized carbons (Fsp3) is 0. The Morgan fingerprint density at radius 3 is 1.60 bits per heavy atom. The Bertz CT molecular complexity index is 200. The van der Waals surface area contributed by atoms with Gasteiger partial charge in [-0.05, 0) is 11.1 Å². The molecule has 0 fully saturated rings. The van der Waals surface area contributed by atoms with Gasteiger partial charge in [0.15, 0.2) is 0 Å². The molecule has 0 aliphatic carbocycles. The second-order valence-corrected chi connectivity index (χ2v) is 1.09. The zero-order valence-corrected chi connectivity index (χ0v) is 4.99. The molecule has 6 nitrogen and oxygen atoms in total. The van der Waals surface area contributed by atoms with Crippen molar-refractivity contribution in [2.45, 2.75) is 0 Å². The number of allylic oxidation sites excluding steroid dienone is 2. The minimum absolute atomic E-state index is 1.24. The quantitative estimate of drug-likeness (QED) is 0.246. The van der Waals surface area contributed by atoms with Crippen molar-refractivity contribution in [3.63, 3.8) is 0 Å². The smallest absolute Gasteiger partial charge is 0.00475 e. The van der Waals surface area contributed by atoms with E-state index in [1.54, 1.807) is 0 Å². The first kappa shape index (κ1) is 8.10. The van der Waals surface area contributed by atoms with E-state index in [9.17, 15) is 0 Å². The minimum Gasteiger partial charge on any atom is -0.0686 e. The van der Waals surface area contributed by atoms with Crippen LogP contribution in [0.25, 0.3) is 20.9 Å². The summed E-state index contributed by atoms with van der Waals surface area (Å²) in [6.45, 7) is 0. The molecule has 0 rings (SSSR count). The van der Waals surface area contributed by atoms with Crippen LogP contribution in [-0.4, -0.2) is 0 Å². The second-order valence-electron chi connectivity index (χ2n) is 1.09. The van der Waals surface area contributed by atoms with E-state index in [4.69, 9.17) is 11.1 Å². The fourth-order valence-corrected chi connectivity index (χ4v) is 0.236. The molecular weight excluding hydrogens is 132 g/mol. The van der Waals surface area contributed by atoms with Crippen LogP contribution in [0.2, 0.25) is 0 Å². The zero-order valence-electron chi connectivity index (χ0n) is 4.99. The van der Waals surface area contributed by atoms with Crippen molar-refractivity contribution in [1.82, 2.24) is 0 Å². The van der Waals surface area contributed by atoms with Gasteiger partial charge in [0.2, 0.25) is 0 Å². The van der Waals surface area contributed by atoms with Gasteiger partial charge >= 0.3 is 0 Å². The highest BCUT2D eigenvalue weighted by atomic mass is 15.1. The SMILES string of the molecule is [N-]=[N+]=NC=CC=CN=[N+]=[N-]. The van der Waals surface area contributed by atoms with Crippen molar-refractivity contribution in [2.75, 3.05) is 0 Å². The van der Waals surface area contributed by atoms with E-state index in [0.717, 1.165) is 0 Å². The van der Waals surface area contributed by atoms with Crippen LogP contribution < -0.4 is 0 Å². The molecule has 0 aromatic heterocycles. The van der Waals surface area contributed by atoms with Crippen LogP contribution >= 0.6 is 0 Å². The summed E-state index contributed by atoms with van der Waals surface area (Å²) in [5.74, 6) is 0. The van der Waals surface area contributed by atoms with Crippen molar-refractivity contribution >= 4 is 0 Å². The molecular formula is C4H4N6. The van der Waals surface area contributed by atoms with Gasteiger partial charge in [-0.3, -0.25) is 0 Å². The largest absolute Gasteiger partial charge is 0.0686 e. The highest BCUT2D eigenvalue weighted by Crippen LogP contribution is 1.80. The second kappa shape index (κ2) is 7.10. The predicted octanol–water partition coefficient (Wildman–Crippen LogP) is 2.63. The van der Waals surface area contributed by atoms with Crippen molar-refractivity contribution in [2.24, 2.45) is 10.2 Å². The average Bonchev–Trinajstić information content (AvgIpc) is 1.97. The van der Waals surface area contributed by atoms with Crippen LogP contribution in [0.15, 0.2) is 34.8 Å². The molecule has 50 valence electrons. The Hall–Kier alpha value is -1.90. The maximum atomic E-state index is 7.77. The first-order valence-electron chi connectivity index (χ1n) is 2.32. The molecule has 0 aliphatic heterocycles. The molecule has 0 bridgehead atoms. The molecule has 0 radical (unpaired) electrons. The molecule has 0 N–H and O–H groups in total. The number of azide groups is 2. The first-order valence-corrected chi connectivity index (χ1v) is 2.32. The molecule has 6 heteroatoms. The van der Waals surface area contributed by atoms with Crippen molar-refractivity contribution < 1.29 is 0 Å². The van der Waals surface area contributed by atoms with Crippen LogP contribution in [0.4, 0.5) is 0 Å². The lowest BCUT2D eigenvalue weighted by Crippen LogP contribution is -1.45. The van der Waals surface area contributed by atoms with Crippen LogP contribution in [0, 0.1) is 0 Å². The fourth-order valence-electron chi connectivity index (χ4n) is 0.236. The van der Waals surface area contributed by atoms with Gasteiger partial charge in [0.1, 0.15) is 0 Å². The van der Waals surface area contributed by atoms with Gasteiger partial charge in [0.25, 0.3) is 0 Å². The maximum Gasteiger partial charge on any atom is 0.00475 e. The van der Waals surface area contributed by atoms with E-state index in [-0.39, 0.29) is 0 Å². The topological polar surface area (TPSA) is 97.5 Å². The number of hydrogen-bond donors (Lipinski definition) is 0. The van der Waals surface area contributed by atoms with Crippen LogP contribution in [0.5, 0.6) is 0 Å². The van der Waals surface area contributed by atoms with E-state index in [0.29, 0.717) is 0 Å². The molecule has 0 saturated heterocycles. The van der Waals surface area contributed by atoms with E-state index >= 15 is 0 Å². The summed E-state index contributed by atoms with van der Waals surface area (Å²) in [5.41, 5.74) is 15.5. The highest BCUT2D eigenvalue weighted by molar-refractivity contribution is 5.00. The monoisotopic (exact) mass is 136 g/mol. The standard InChI is InChI=1S/C4H4N6/c5-9-7-3-1-2-4-8-10-6/h1-4H. The summed E-state index contributed by atoms with van der Waals surface area (Å²) < 4.78 is 0. The molecule has 0 saturated carbocycles. The zero-order chi connectivity index (χ0) is 7.66. The summed E-state index contributed by atoms with van der Waals surface area (Å²) in [6, 6.07) is 0. The molecule has 0 heterocycles. The lowest BCUT2D eigenvalue weighted by Gasteiger charge is -1.66. The Balaban J connectivity index is 3.71. The van der Waals surface area contributed by atoms with E-state index in [1.165, 1.54) is 24.6 Å². The van der Waals surface area contributed by atoms with Crippen LogP contribution in [0.3, 0.4) is 0 Å². The molecule has 0 aliphatic rings. The lowest BCUT2D eigenvalue weighted by molar-refractivity contribution is 1.48. The Labute approximate surface area is 56.7 Å². The summed E-state index contributed by atoms with van der Waals surface area (Å²) in [7, 11) is 0. The van der Waals surface area contributed by atoms with Gasteiger partial charge < -0.3 is 0 Å². The minimum atomic E-state index is 1.24. The summed E-state index contributed by atoms with van der Waals surface area (Å²) in [4.78, 5) is 4.91. The number of nitrogens with zero attached hydrogens (tertiary/aromatic N) is 6. The third-order valence-corrected chi connectivity index (χ3v) is 0.520. The van der Waals surface area contributed by atoms with E-state index in [2.05, 4.69) is 20.1 Å². The van der Waals surface area contributed by atoms with Crippen molar-refractivity contribution in [3.05, 3.63) is 45.4 Å². The summed E-state index contributed by atoms with van der Waals surface area (Å²) in [5, 5.41) is 6.17. The Morgan fingerprint density at radius 1 is 0.900 bits per heavy atom. The summed E-state index contributed by atoms with van der Waals surface area (Å²) in [6.07, 6.45) is 5.38. The Morgan fingerprint density at radius 2 is 1.30 bits per heavy atom. The van der Waals surface area contributed by atoms with E-state index in [1.807, 2.05) is 0 Å². The molecule has 10 heavy (non-hydrogen) atoms. The van der Waals surface area contributed by atoms with Crippen molar-refractivity contribution in [3.8, 4) is 0 Å². The van der Waals surface area contributed by atoms with Crippen LogP contribution in [-0.2, 0) is 0 Å². The number of hydrogen-bond acceptors (Lipinski definition) is 2. The lowest BCUT2D eigenvalue weighted by atomic mass is 10.6. The maximum absolute atomic E-state index is 7.77. The average molecular weight is 136 g/mol. The predicted molar refractivity (Wildman–Crippen MR) is 36.6 cm³/mol. The third kappa shape index (κ3) is 6.10. The van der Waals surface area contributed by atoms with Gasteiger partial charge in [-0.25, -0.2) is 0 Å². The van der Waals surface area contributed by atoms with Gasteiger partial charge in [-0.15, -0.1) is 0 Å². The Kier molecular flexibility index (Phi) is 5.75. The molecule has 0 spiro atoms. The van der Waals surface area contributed by atoms with E-state index < -0.39 is 0 Å². The summed E-state index contributed by atoms with van der Waals surface area (Å²) >= 11 is 0. The first-order chi connectivity index (χ1) is 4.91.